The predicted octanol–water partition coefficient (Wildman–Crippen LogP) is 13.2. The zero-order chi connectivity index (χ0) is 38.2. The fourth-order valence-electron chi connectivity index (χ4n) is 8.51. The molecule has 0 spiro atoms. The van der Waals surface area contributed by atoms with Crippen LogP contribution in [0.1, 0.15) is 0 Å². The van der Waals surface area contributed by atoms with Gasteiger partial charge in [-0.3, -0.25) is 4.98 Å². The van der Waals surface area contributed by atoms with Crippen LogP contribution < -0.4 is 0 Å². The van der Waals surface area contributed by atoms with Crippen molar-refractivity contribution in [2.75, 3.05) is 0 Å². The Balaban J connectivity index is 1.00. The highest BCUT2D eigenvalue weighted by atomic mass is 16.3. The number of rotatable bonds is 5. The Bertz CT molecular complexity index is 3550. The summed E-state index contributed by atoms with van der Waals surface area (Å²) >= 11 is 0. The lowest BCUT2D eigenvalue weighted by Crippen LogP contribution is -2.01. The van der Waals surface area contributed by atoms with E-state index in [2.05, 4.69) is 162 Å². The number of para-hydroxylation sites is 3. The average Bonchev–Trinajstić information content (AvgIpc) is 3.84. The van der Waals surface area contributed by atoms with Gasteiger partial charge in [-0.05, 0) is 75.1 Å². The maximum Gasteiger partial charge on any atom is 0.182 e. The summed E-state index contributed by atoms with van der Waals surface area (Å²) in [6.45, 7) is 0. The lowest BCUT2D eigenvalue weighted by atomic mass is 10.00. The second-order valence-corrected chi connectivity index (χ2v) is 14.7. The number of hydrogen-bond acceptors (Lipinski definition) is 5. The normalized spacial score (nSPS) is 11.8. The second kappa shape index (κ2) is 12.8. The van der Waals surface area contributed by atoms with E-state index in [9.17, 15) is 0 Å². The molecule has 0 aliphatic carbocycles. The van der Waals surface area contributed by atoms with E-state index in [-0.39, 0.29) is 0 Å². The van der Waals surface area contributed by atoms with Crippen LogP contribution in [0.3, 0.4) is 0 Å². The van der Waals surface area contributed by atoms with E-state index in [4.69, 9.17) is 24.4 Å². The van der Waals surface area contributed by atoms with E-state index in [0.717, 1.165) is 55.3 Å². The molecule has 4 heterocycles. The molecule has 4 aromatic heterocycles. The van der Waals surface area contributed by atoms with Crippen LogP contribution in [0.2, 0.25) is 0 Å². The zero-order valence-corrected chi connectivity index (χ0v) is 31.0. The molecule has 0 atom stereocenters. The minimum absolute atomic E-state index is 0.472. The van der Waals surface area contributed by atoms with Crippen LogP contribution in [0.5, 0.6) is 0 Å². The fraction of sp³-hybridized carbons (Fsp3) is 0. The summed E-state index contributed by atoms with van der Waals surface area (Å²) in [5, 5.41) is 9.17. The third-order valence-electron chi connectivity index (χ3n) is 11.3. The molecule has 0 radical (unpaired) electrons. The molecule has 0 aliphatic heterocycles. The summed E-state index contributed by atoms with van der Waals surface area (Å²) in [5.41, 5.74) is 9.53. The molecular formula is C52H31N5O. The number of aromatic nitrogens is 5. The Labute approximate surface area is 332 Å². The summed E-state index contributed by atoms with van der Waals surface area (Å²) < 4.78 is 8.61. The molecule has 6 heteroatoms. The Morgan fingerprint density at radius 3 is 1.78 bits per heavy atom. The lowest BCUT2D eigenvalue weighted by molar-refractivity contribution is 0.668. The van der Waals surface area contributed by atoms with Crippen molar-refractivity contribution < 1.29 is 4.42 Å². The number of furan rings is 1. The minimum Gasteiger partial charge on any atom is -0.456 e. The molecule has 0 saturated heterocycles. The van der Waals surface area contributed by atoms with Crippen LogP contribution in [-0.2, 0) is 0 Å². The molecule has 0 saturated carbocycles. The summed E-state index contributed by atoms with van der Waals surface area (Å²) in [4.78, 5) is 20.2. The van der Waals surface area contributed by atoms with Gasteiger partial charge in [0.1, 0.15) is 16.9 Å². The van der Waals surface area contributed by atoms with Gasteiger partial charge in [-0.15, -0.1) is 0 Å². The first-order valence-electron chi connectivity index (χ1n) is 19.4. The van der Waals surface area contributed by atoms with Crippen molar-refractivity contribution in [1.82, 2.24) is 24.5 Å². The summed E-state index contributed by atoms with van der Waals surface area (Å²) in [6.07, 6.45) is 1.85. The van der Waals surface area contributed by atoms with Gasteiger partial charge in [0.05, 0.1) is 11.0 Å². The third kappa shape index (κ3) is 5.20. The van der Waals surface area contributed by atoms with Crippen molar-refractivity contribution in [1.29, 1.82) is 0 Å². The maximum absolute atomic E-state index is 6.26. The van der Waals surface area contributed by atoms with Crippen LogP contribution in [0.4, 0.5) is 0 Å². The summed E-state index contributed by atoms with van der Waals surface area (Å²) in [5.74, 6) is 1.60. The molecule has 0 unspecified atom stereocenters. The summed E-state index contributed by atoms with van der Waals surface area (Å²) in [6, 6.07) is 63.5. The van der Waals surface area contributed by atoms with E-state index < -0.39 is 0 Å². The minimum atomic E-state index is 0.472. The smallest absolute Gasteiger partial charge is 0.182 e. The van der Waals surface area contributed by atoms with Gasteiger partial charge in [-0.1, -0.05) is 133 Å². The lowest BCUT2D eigenvalue weighted by Gasteiger charge is -2.12. The molecule has 0 aliphatic rings. The van der Waals surface area contributed by atoms with E-state index in [1.165, 1.54) is 38.0 Å². The van der Waals surface area contributed by atoms with Gasteiger partial charge in [0.2, 0.25) is 0 Å². The van der Waals surface area contributed by atoms with E-state index in [1.54, 1.807) is 0 Å². The van der Waals surface area contributed by atoms with Crippen LogP contribution in [-0.4, -0.2) is 24.5 Å². The molecule has 0 N–H and O–H groups in total. The Morgan fingerprint density at radius 2 is 0.966 bits per heavy atom. The first-order chi connectivity index (χ1) is 28.7. The molecule has 6 nitrogen and oxygen atoms in total. The quantitative estimate of drug-likeness (QED) is 0.164. The van der Waals surface area contributed by atoms with E-state index in [1.807, 2.05) is 30.5 Å². The highest BCUT2D eigenvalue weighted by Crippen LogP contribution is 2.36. The van der Waals surface area contributed by atoms with Crippen LogP contribution >= 0.6 is 0 Å². The van der Waals surface area contributed by atoms with Gasteiger partial charge < -0.3 is 8.98 Å². The maximum atomic E-state index is 6.26. The van der Waals surface area contributed by atoms with Crippen molar-refractivity contribution in [2.45, 2.75) is 0 Å². The van der Waals surface area contributed by atoms with Crippen LogP contribution in [0, 0.1) is 0 Å². The van der Waals surface area contributed by atoms with Crippen LogP contribution in [0.25, 0.3) is 116 Å². The van der Waals surface area contributed by atoms with Crippen molar-refractivity contribution in [3.63, 3.8) is 0 Å². The Morgan fingerprint density at radius 1 is 0.362 bits per heavy atom. The van der Waals surface area contributed by atoms with E-state index >= 15 is 0 Å². The van der Waals surface area contributed by atoms with Gasteiger partial charge in [-0.25, -0.2) is 15.0 Å². The van der Waals surface area contributed by atoms with E-state index in [0.29, 0.717) is 23.2 Å². The monoisotopic (exact) mass is 741 g/mol. The van der Waals surface area contributed by atoms with Crippen molar-refractivity contribution >= 4 is 65.3 Å². The Hall–Kier alpha value is -7.96. The second-order valence-electron chi connectivity index (χ2n) is 14.7. The molecule has 270 valence electrons. The molecule has 0 amide bonds. The van der Waals surface area contributed by atoms with Crippen LogP contribution in [0.15, 0.2) is 193 Å². The standard InChI is InChI=1S/C52H31N5O/c1-2-16-39-32(11-1)23-24-35-28-37(25-26-40(35)39)51-54-50(55-52(56-51)45-30-49-44(31-53-45)43-19-5-8-22-48(43)58-49)36-14-9-12-33(27-36)34-13-10-15-38(29-34)57-46-20-6-3-17-41(46)42-18-4-7-21-47(42)57/h1-31H. The molecule has 12 rings (SSSR count). The van der Waals surface area contributed by atoms with Gasteiger partial charge in [0.15, 0.2) is 17.5 Å². The first-order valence-corrected chi connectivity index (χ1v) is 19.4. The van der Waals surface area contributed by atoms with Crippen molar-refractivity contribution in [3.05, 3.63) is 188 Å². The number of nitrogens with zero attached hydrogens (tertiary/aromatic N) is 5. The average molecular weight is 742 g/mol. The van der Waals surface area contributed by atoms with Gasteiger partial charge in [0.25, 0.3) is 0 Å². The molecule has 58 heavy (non-hydrogen) atoms. The number of pyridine rings is 1. The highest BCUT2D eigenvalue weighted by molar-refractivity contribution is 6.10. The predicted molar refractivity (Wildman–Crippen MR) is 236 cm³/mol. The van der Waals surface area contributed by atoms with Gasteiger partial charge in [-0.2, -0.15) is 0 Å². The molecular weight excluding hydrogens is 711 g/mol. The molecule has 0 bridgehead atoms. The molecule has 12 aromatic rings. The SMILES string of the molecule is c1cc(-c2cccc(-n3c4ccccc4c4ccccc43)c2)cc(-c2nc(-c3ccc4c(ccc5ccccc54)c3)nc(-c3cc4oc5ccccc5c4cn3)n2)c1. The topological polar surface area (TPSA) is 69.6 Å². The summed E-state index contributed by atoms with van der Waals surface area (Å²) in [7, 11) is 0. The largest absolute Gasteiger partial charge is 0.456 e. The fourth-order valence-corrected chi connectivity index (χ4v) is 8.51. The number of fused-ring (bicyclic) bond motifs is 9. The molecule has 0 fully saturated rings. The van der Waals surface area contributed by atoms with Crippen molar-refractivity contribution in [2.24, 2.45) is 0 Å². The van der Waals surface area contributed by atoms with Crippen molar-refractivity contribution in [3.8, 4) is 51.1 Å². The Kier molecular flexibility index (Phi) is 7.13. The zero-order valence-electron chi connectivity index (χ0n) is 31.0. The molecule has 8 aromatic carbocycles. The number of benzene rings is 8. The number of hydrogen-bond donors (Lipinski definition) is 0. The van der Waals surface area contributed by atoms with Gasteiger partial charge in [0, 0.05) is 50.6 Å². The highest BCUT2D eigenvalue weighted by Gasteiger charge is 2.18. The first kappa shape index (κ1) is 32.3. The third-order valence-corrected chi connectivity index (χ3v) is 11.3. The van der Waals surface area contributed by atoms with Gasteiger partial charge >= 0.3 is 0 Å².